The van der Waals surface area contributed by atoms with Gasteiger partial charge in [-0.15, -0.1) is 0 Å². The molecule has 2 rings (SSSR count). The normalized spacial score (nSPS) is 20.7. The standard InChI is InChI=1S/C11H18N4S/c1-8-6-14-11(12)15-10(8)13-7-9-4-2-3-5-16-9/h6,9H,2-5,7H2,1H3,(H3,12,13,14,15). The Kier molecular flexibility index (Phi) is 3.88. The van der Waals surface area contributed by atoms with Crippen molar-refractivity contribution in [3.63, 3.8) is 0 Å². The molecule has 1 aromatic heterocycles. The third-order valence-corrected chi connectivity index (χ3v) is 4.16. The van der Waals surface area contributed by atoms with E-state index in [1.54, 1.807) is 6.20 Å². The van der Waals surface area contributed by atoms with Crippen LogP contribution in [0.3, 0.4) is 0 Å². The van der Waals surface area contributed by atoms with Crippen molar-refractivity contribution in [1.29, 1.82) is 0 Å². The maximum atomic E-state index is 5.57. The maximum absolute atomic E-state index is 5.57. The average Bonchev–Trinajstić information content (AvgIpc) is 2.32. The molecule has 1 saturated heterocycles. The van der Waals surface area contributed by atoms with E-state index in [4.69, 9.17) is 5.73 Å². The number of hydrogen-bond donors (Lipinski definition) is 2. The van der Waals surface area contributed by atoms with Crippen molar-refractivity contribution in [3.05, 3.63) is 11.8 Å². The Morgan fingerprint density at radius 1 is 1.56 bits per heavy atom. The zero-order valence-electron chi connectivity index (χ0n) is 9.57. The molecule has 0 saturated carbocycles. The average molecular weight is 238 g/mol. The van der Waals surface area contributed by atoms with Gasteiger partial charge in [-0.1, -0.05) is 6.42 Å². The fraction of sp³-hybridized carbons (Fsp3) is 0.636. The molecule has 5 heteroatoms. The minimum absolute atomic E-state index is 0.337. The van der Waals surface area contributed by atoms with Crippen molar-refractivity contribution in [2.45, 2.75) is 31.4 Å². The Bertz CT molecular complexity index is 350. The van der Waals surface area contributed by atoms with Crippen LogP contribution in [0.5, 0.6) is 0 Å². The fourth-order valence-electron chi connectivity index (χ4n) is 1.81. The van der Waals surface area contributed by atoms with Crippen LogP contribution in [0.15, 0.2) is 6.20 Å². The molecule has 0 amide bonds. The Morgan fingerprint density at radius 3 is 3.19 bits per heavy atom. The van der Waals surface area contributed by atoms with E-state index < -0.39 is 0 Å². The van der Waals surface area contributed by atoms with Crippen LogP contribution in [0.4, 0.5) is 11.8 Å². The molecule has 1 aliphatic rings. The third kappa shape index (κ3) is 3.01. The first-order valence-corrected chi connectivity index (χ1v) is 6.75. The molecule has 0 aliphatic carbocycles. The predicted molar refractivity (Wildman–Crippen MR) is 69.8 cm³/mol. The SMILES string of the molecule is Cc1cnc(N)nc1NCC1CCCCS1. The van der Waals surface area contributed by atoms with Gasteiger partial charge < -0.3 is 11.1 Å². The largest absolute Gasteiger partial charge is 0.369 e. The van der Waals surface area contributed by atoms with Gasteiger partial charge in [0.05, 0.1) is 0 Å². The van der Waals surface area contributed by atoms with Crippen LogP contribution in [-0.2, 0) is 0 Å². The van der Waals surface area contributed by atoms with E-state index in [0.717, 1.165) is 17.9 Å². The summed E-state index contributed by atoms with van der Waals surface area (Å²) in [4.78, 5) is 8.16. The molecule has 0 radical (unpaired) electrons. The zero-order valence-corrected chi connectivity index (χ0v) is 10.4. The lowest BCUT2D eigenvalue weighted by Crippen LogP contribution is -2.21. The van der Waals surface area contributed by atoms with Gasteiger partial charge in [-0.05, 0) is 25.5 Å². The second-order valence-corrected chi connectivity index (χ2v) is 5.54. The lowest BCUT2D eigenvalue weighted by Gasteiger charge is -2.22. The van der Waals surface area contributed by atoms with Gasteiger partial charge in [0.1, 0.15) is 5.82 Å². The molecule has 3 N–H and O–H groups in total. The minimum atomic E-state index is 0.337. The van der Waals surface area contributed by atoms with Gasteiger partial charge in [0.2, 0.25) is 5.95 Å². The van der Waals surface area contributed by atoms with E-state index in [1.165, 1.54) is 25.0 Å². The first-order chi connectivity index (χ1) is 7.75. The van der Waals surface area contributed by atoms with Crippen LogP contribution in [0.25, 0.3) is 0 Å². The summed E-state index contributed by atoms with van der Waals surface area (Å²) in [5, 5.41) is 4.08. The third-order valence-electron chi connectivity index (χ3n) is 2.76. The summed E-state index contributed by atoms with van der Waals surface area (Å²) < 4.78 is 0. The van der Waals surface area contributed by atoms with E-state index in [0.29, 0.717) is 11.2 Å². The molecule has 16 heavy (non-hydrogen) atoms. The van der Waals surface area contributed by atoms with Crippen molar-refractivity contribution >= 4 is 23.5 Å². The summed E-state index contributed by atoms with van der Waals surface area (Å²) in [6, 6.07) is 0. The smallest absolute Gasteiger partial charge is 0.221 e. The van der Waals surface area contributed by atoms with E-state index in [1.807, 2.05) is 6.92 Å². The molecule has 88 valence electrons. The lowest BCUT2D eigenvalue weighted by atomic mass is 10.2. The van der Waals surface area contributed by atoms with Crippen LogP contribution in [0.1, 0.15) is 24.8 Å². The van der Waals surface area contributed by atoms with Crippen molar-refractivity contribution < 1.29 is 0 Å². The summed E-state index contributed by atoms with van der Waals surface area (Å²) in [5.74, 6) is 2.50. The molecule has 0 bridgehead atoms. The molecule has 1 aromatic rings. The summed E-state index contributed by atoms with van der Waals surface area (Å²) in [7, 11) is 0. The zero-order chi connectivity index (χ0) is 11.4. The minimum Gasteiger partial charge on any atom is -0.369 e. The van der Waals surface area contributed by atoms with Crippen molar-refractivity contribution in [2.24, 2.45) is 0 Å². The molecule has 2 heterocycles. The van der Waals surface area contributed by atoms with Gasteiger partial charge in [0, 0.05) is 23.6 Å². The Labute approximate surface area is 100 Å². The van der Waals surface area contributed by atoms with Crippen molar-refractivity contribution in [3.8, 4) is 0 Å². The van der Waals surface area contributed by atoms with Crippen LogP contribution in [-0.4, -0.2) is 27.5 Å². The number of aromatic nitrogens is 2. The van der Waals surface area contributed by atoms with Crippen molar-refractivity contribution in [2.75, 3.05) is 23.3 Å². The monoisotopic (exact) mass is 238 g/mol. The second kappa shape index (κ2) is 5.39. The second-order valence-electron chi connectivity index (χ2n) is 4.13. The first-order valence-electron chi connectivity index (χ1n) is 5.70. The number of nitrogens with zero attached hydrogens (tertiary/aromatic N) is 2. The van der Waals surface area contributed by atoms with E-state index in [-0.39, 0.29) is 0 Å². The number of nitrogens with one attached hydrogen (secondary N) is 1. The van der Waals surface area contributed by atoms with Gasteiger partial charge in [0.15, 0.2) is 0 Å². The first kappa shape index (κ1) is 11.5. The highest BCUT2D eigenvalue weighted by molar-refractivity contribution is 7.99. The van der Waals surface area contributed by atoms with E-state index in [2.05, 4.69) is 27.0 Å². The highest BCUT2D eigenvalue weighted by atomic mass is 32.2. The van der Waals surface area contributed by atoms with Crippen LogP contribution < -0.4 is 11.1 Å². The summed E-state index contributed by atoms with van der Waals surface area (Å²) >= 11 is 2.06. The number of rotatable bonds is 3. The van der Waals surface area contributed by atoms with Gasteiger partial charge in [-0.2, -0.15) is 16.7 Å². The highest BCUT2D eigenvalue weighted by Gasteiger charge is 2.14. The van der Waals surface area contributed by atoms with Gasteiger partial charge in [-0.25, -0.2) is 4.98 Å². The fourth-order valence-corrected chi connectivity index (χ4v) is 3.05. The molecular weight excluding hydrogens is 220 g/mol. The Balaban J connectivity index is 1.90. The molecule has 1 unspecified atom stereocenters. The quantitative estimate of drug-likeness (QED) is 0.844. The molecule has 1 aliphatic heterocycles. The van der Waals surface area contributed by atoms with E-state index >= 15 is 0 Å². The molecule has 0 aromatic carbocycles. The van der Waals surface area contributed by atoms with Crippen LogP contribution in [0.2, 0.25) is 0 Å². The molecule has 1 atom stereocenters. The predicted octanol–water partition coefficient (Wildman–Crippen LogP) is 2.06. The van der Waals surface area contributed by atoms with Crippen molar-refractivity contribution in [1.82, 2.24) is 9.97 Å². The number of nitrogens with two attached hydrogens (primary N) is 1. The highest BCUT2D eigenvalue weighted by Crippen LogP contribution is 2.25. The van der Waals surface area contributed by atoms with Gasteiger partial charge in [0.25, 0.3) is 0 Å². The Hall–Kier alpha value is -0.970. The lowest BCUT2D eigenvalue weighted by molar-refractivity contribution is 0.677. The number of hydrogen-bond acceptors (Lipinski definition) is 5. The molecule has 1 fully saturated rings. The number of anilines is 2. The molecular formula is C11H18N4S. The summed E-state index contributed by atoms with van der Waals surface area (Å²) in [5.41, 5.74) is 6.62. The maximum Gasteiger partial charge on any atom is 0.221 e. The summed E-state index contributed by atoms with van der Waals surface area (Å²) in [6.07, 6.45) is 5.78. The number of aryl methyl sites for hydroxylation is 1. The van der Waals surface area contributed by atoms with Gasteiger partial charge >= 0.3 is 0 Å². The van der Waals surface area contributed by atoms with Crippen LogP contribution >= 0.6 is 11.8 Å². The topological polar surface area (TPSA) is 63.8 Å². The number of thioether (sulfide) groups is 1. The molecule has 4 nitrogen and oxygen atoms in total. The number of nitrogen functional groups attached to an aromatic ring is 1. The Morgan fingerprint density at radius 2 is 2.44 bits per heavy atom. The van der Waals surface area contributed by atoms with Crippen LogP contribution in [0, 0.1) is 6.92 Å². The molecule has 0 spiro atoms. The summed E-state index contributed by atoms with van der Waals surface area (Å²) in [6.45, 7) is 2.97. The van der Waals surface area contributed by atoms with E-state index in [9.17, 15) is 0 Å². The van der Waals surface area contributed by atoms with Gasteiger partial charge in [-0.3, -0.25) is 0 Å².